The molecule has 0 rings (SSSR count). The van der Waals surface area contributed by atoms with Gasteiger partial charge >= 0.3 is 11.9 Å². The van der Waals surface area contributed by atoms with Gasteiger partial charge in [0.2, 0.25) is 0 Å². The third kappa shape index (κ3) is 12.3. The van der Waals surface area contributed by atoms with Gasteiger partial charge in [-0.2, -0.15) is 0 Å². The maximum atomic E-state index is 12.3. The van der Waals surface area contributed by atoms with Crippen molar-refractivity contribution in [3.63, 3.8) is 0 Å². The van der Waals surface area contributed by atoms with Gasteiger partial charge in [0.05, 0.1) is 30.1 Å². The van der Waals surface area contributed by atoms with E-state index in [9.17, 15) is 9.59 Å². The molecule has 0 N–H and O–H groups in total. The van der Waals surface area contributed by atoms with Crippen LogP contribution >= 0.6 is 0 Å². The highest BCUT2D eigenvalue weighted by Gasteiger charge is 2.31. The molecule has 0 aliphatic carbocycles. The van der Waals surface area contributed by atoms with E-state index >= 15 is 0 Å². The Balaban J connectivity index is 4.13. The smallest absolute Gasteiger partial charge is 0.311 e. The molecular formula is C21H40O5. The first-order valence-corrected chi connectivity index (χ1v) is 10.0. The highest BCUT2D eigenvalue weighted by atomic mass is 16.5. The minimum atomic E-state index is -0.620. The Morgan fingerprint density at radius 3 is 2.12 bits per heavy atom. The molecule has 0 aromatic carbocycles. The molecule has 0 amide bonds. The van der Waals surface area contributed by atoms with Gasteiger partial charge in [0.15, 0.2) is 0 Å². The van der Waals surface area contributed by atoms with Gasteiger partial charge in [0.25, 0.3) is 0 Å². The summed E-state index contributed by atoms with van der Waals surface area (Å²) >= 11 is 0. The zero-order chi connectivity index (χ0) is 20.2. The number of unbranched alkanes of at least 4 members (excludes halogenated alkanes) is 4. The number of carbonyl (C=O) groups excluding carboxylic acids is 2. The van der Waals surface area contributed by atoms with Crippen LogP contribution in [0.4, 0.5) is 0 Å². The summed E-state index contributed by atoms with van der Waals surface area (Å²) in [6.07, 6.45) is 6.26. The van der Waals surface area contributed by atoms with Crippen LogP contribution in [0.15, 0.2) is 0 Å². The number of hydrogen-bond acceptors (Lipinski definition) is 5. The standard InChI is InChI=1S/C21H40O5/c1-8-9-10-11-12-14-24-19(23)20(4,5)13-15-25-21(6,7)16-18(22)26-17(2)3/h17H,8-16H2,1-7H3. The quantitative estimate of drug-likeness (QED) is 0.315. The molecule has 0 saturated carbocycles. The largest absolute Gasteiger partial charge is 0.465 e. The van der Waals surface area contributed by atoms with Crippen LogP contribution in [0.1, 0.15) is 93.4 Å². The highest BCUT2D eigenvalue weighted by Crippen LogP contribution is 2.25. The van der Waals surface area contributed by atoms with Gasteiger partial charge in [-0.1, -0.05) is 32.6 Å². The molecule has 0 aromatic rings. The Morgan fingerprint density at radius 2 is 1.54 bits per heavy atom. The lowest BCUT2D eigenvalue weighted by atomic mass is 9.90. The second-order valence-electron chi connectivity index (χ2n) is 8.51. The van der Waals surface area contributed by atoms with E-state index in [-0.39, 0.29) is 24.5 Å². The molecule has 0 aromatic heterocycles. The minimum Gasteiger partial charge on any atom is -0.465 e. The first-order chi connectivity index (χ1) is 12.0. The van der Waals surface area contributed by atoms with Gasteiger partial charge in [-0.15, -0.1) is 0 Å². The van der Waals surface area contributed by atoms with Crippen molar-refractivity contribution < 1.29 is 23.8 Å². The van der Waals surface area contributed by atoms with Crippen molar-refractivity contribution in [2.45, 2.75) is 105 Å². The molecule has 0 unspecified atom stereocenters. The highest BCUT2D eigenvalue weighted by molar-refractivity contribution is 5.75. The summed E-state index contributed by atoms with van der Waals surface area (Å²) in [4.78, 5) is 24.0. The first kappa shape index (κ1) is 24.9. The Morgan fingerprint density at radius 1 is 0.923 bits per heavy atom. The molecule has 154 valence electrons. The van der Waals surface area contributed by atoms with Crippen molar-refractivity contribution in [1.82, 2.24) is 0 Å². The number of rotatable bonds is 14. The van der Waals surface area contributed by atoms with Crippen molar-refractivity contribution in [2.24, 2.45) is 5.41 Å². The molecule has 0 aliphatic heterocycles. The lowest BCUT2D eigenvalue weighted by molar-refractivity contribution is -0.159. The molecule has 0 atom stereocenters. The molecule has 0 fully saturated rings. The van der Waals surface area contributed by atoms with Gasteiger partial charge < -0.3 is 14.2 Å². The number of ether oxygens (including phenoxy) is 3. The van der Waals surface area contributed by atoms with Crippen LogP contribution in [0.25, 0.3) is 0 Å². The fraction of sp³-hybridized carbons (Fsp3) is 0.905. The number of carbonyl (C=O) groups is 2. The van der Waals surface area contributed by atoms with Crippen molar-refractivity contribution in [3.8, 4) is 0 Å². The molecule has 0 bridgehead atoms. The van der Waals surface area contributed by atoms with Gasteiger partial charge in [-0.05, 0) is 54.4 Å². The molecule has 0 spiro atoms. The minimum absolute atomic E-state index is 0.131. The summed E-state index contributed by atoms with van der Waals surface area (Å²) in [7, 11) is 0. The molecular weight excluding hydrogens is 332 g/mol. The van der Waals surface area contributed by atoms with Crippen LogP contribution < -0.4 is 0 Å². The summed E-state index contributed by atoms with van der Waals surface area (Å²) in [5.41, 5.74) is -1.22. The van der Waals surface area contributed by atoms with Gasteiger partial charge in [-0.3, -0.25) is 9.59 Å². The fourth-order valence-electron chi connectivity index (χ4n) is 2.45. The third-order valence-corrected chi connectivity index (χ3v) is 4.19. The molecule has 26 heavy (non-hydrogen) atoms. The second-order valence-corrected chi connectivity index (χ2v) is 8.51. The topological polar surface area (TPSA) is 61.8 Å². The van der Waals surface area contributed by atoms with Crippen LogP contribution in [0, 0.1) is 5.41 Å². The van der Waals surface area contributed by atoms with E-state index in [0.29, 0.717) is 19.6 Å². The molecule has 0 saturated heterocycles. The van der Waals surface area contributed by atoms with Crippen molar-refractivity contribution >= 4 is 11.9 Å². The van der Waals surface area contributed by atoms with Gasteiger partial charge in [0, 0.05) is 6.61 Å². The zero-order valence-electron chi connectivity index (χ0n) is 18.0. The predicted octanol–water partition coefficient (Wildman–Crippen LogP) is 5.05. The monoisotopic (exact) mass is 372 g/mol. The van der Waals surface area contributed by atoms with E-state index in [1.54, 1.807) is 0 Å². The lowest BCUT2D eigenvalue weighted by Crippen LogP contribution is -2.33. The van der Waals surface area contributed by atoms with E-state index in [0.717, 1.165) is 12.8 Å². The Bertz CT molecular complexity index is 413. The van der Waals surface area contributed by atoms with Crippen LogP contribution in [0.3, 0.4) is 0 Å². The SMILES string of the molecule is CCCCCCCOC(=O)C(C)(C)CCOC(C)(C)CC(=O)OC(C)C. The van der Waals surface area contributed by atoms with Crippen LogP contribution in [-0.4, -0.2) is 36.9 Å². The van der Waals surface area contributed by atoms with Crippen molar-refractivity contribution in [3.05, 3.63) is 0 Å². The van der Waals surface area contributed by atoms with Crippen LogP contribution in [0.2, 0.25) is 0 Å². The second kappa shape index (κ2) is 12.3. The molecule has 0 radical (unpaired) electrons. The summed E-state index contributed by atoms with van der Waals surface area (Å²) in [5, 5.41) is 0. The normalized spacial score (nSPS) is 12.3. The molecule has 5 heteroatoms. The van der Waals surface area contributed by atoms with Crippen LogP contribution in [0.5, 0.6) is 0 Å². The van der Waals surface area contributed by atoms with E-state index in [1.807, 2.05) is 41.5 Å². The van der Waals surface area contributed by atoms with E-state index in [4.69, 9.17) is 14.2 Å². The Labute approximate surface area is 160 Å². The summed E-state index contributed by atoms with van der Waals surface area (Å²) in [6.45, 7) is 14.2. The summed E-state index contributed by atoms with van der Waals surface area (Å²) < 4.78 is 16.4. The average molecular weight is 373 g/mol. The Hall–Kier alpha value is -1.10. The fourth-order valence-corrected chi connectivity index (χ4v) is 2.45. The van der Waals surface area contributed by atoms with E-state index < -0.39 is 11.0 Å². The van der Waals surface area contributed by atoms with Crippen LogP contribution in [-0.2, 0) is 23.8 Å². The average Bonchev–Trinajstić information content (AvgIpc) is 2.48. The van der Waals surface area contributed by atoms with Gasteiger partial charge in [0.1, 0.15) is 0 Å². The zero-order valence-corrected chi connectivity index (χ0v) is 18.0. The Kier molecular flexibility index (Phi) is 11.8. The first-order valence-electron chi connectivity index (χ1n) is 10.0. The maximum absolute atomic E-state index is 12.3. The van der Waals surface area contributed by atoms with Gasteiger partial charge in [-0.25, -0.2) is 0 Å². The molecule has 5 nitrogen and oxygen atoms in total. The molecule has 0 heterocycles. The molecule has 0 aliphatic rings. The summed E-state index contributed by atoms with van der Waals surface area (Å²) in [5.74, 6) is -0.458. The number of esters is 2. The predicted molar refractivity (Wildman–Crippen MR) is 104 cm³/mol. The lowest BCUT2D eigenvalue weighted by Gasteiger charge is -2.28. The summed E-state index contributed by atoms with van der Waals surface area (Å²) in [6, 6.07) is 0. The third-order valence-electron chi connectivity index (χ3n) is 4.19. The maximum Gasteiger partial charge on any atom is 0.311 e. The van der Waals surface area contributed by atoms with E-state index in [1.165, 1.54) is 19.3 Å². The van der Waals surface area contributed by atoms with Crippen molar-refractivity contribution in [2.75, 3.05) is 13.2 Å². The number of hydrogen-bond donors (Lipinski definition) is 0. The van der Waals surface area contributed by atoms with E-state index in [2.05, 4.69) is 6.92 Å². The van der Waals surface area contributed by atoms with Crippen molar-refractivity contribution in [1.29, 1.82) is 0 Å².